The number of nitrogens with one attached hydrogen (secondary N) is 2. The van der Waals surface area contributed by atoms with E-state index in [-0.39, 0.29) is 29.0 Å². The van der Waals surface area contributed by atoms with E-state index in [9.17, 15) is 14.4 Å². The van der Waals surface area contributed by atoms with Crippen molar-refractivity contribution >= 4 is 22.6 Å². The second-order valence-corrected chi connectivity index (χ2v) is 7.16. The molecule has 2 rings (SSSR count). The van der Waals surface area contributed by atoms with Crippen LogP contribution in [0.15, 0.2) is 29.1 Å². The molecule has 25 heavy (non-hydrogen) atoms. The first kappa shape index (κ1) is 18.6. The van der Waals surface area contributed by atoms with Crippen LogP contribution in [-0.2, 0) is 11.3 Å². The lowest BCUT2D eigenvalue weighted by molar-refractivity contribution is -0.123. The molecule has 7 heteroatoms. The van der Waals surface area contributed by atoms with Gasteiger partial charge in [0.25, 0.3) is 11.5 Å². The van der Waals surface area contributed by atoms with Gasteiger partial charge in [-0.25, -0.2) is 4.68 Å². The van der Waals surface area contributed by atoms with Gasteiger partial charge in [0.05, 0.1) is 5.39 Å². The Balaban J connectivity index is 2.30. The summed E-state index contributed by atoms with van der Waals surface area (Å²) in [7, 11) is 0. The van der Waals surface area contributed by atoms with Crippen LogP contribution >= 0.6 is 0 Å². The summed E-state index contributed by atoms with van der Waals surface area (Å²) in [5.74, 6) is -0.838. The average molecular weight is 344 g/mol. The van der Waals surface area contributed by atoms with Gasteiger partial charge < -0.3 is 0 Å². The van der Waals surface area contributed by atoms with E-state index in [4.69, 9.17) is 0 Å². The van der Waals surface area contributed by atoms with Gasteiger partial charge in [-0.1, -0.05) is 45.9 Å². The third-order valence-electron chi connectivity index (χ3n) is 3.52. The lowest BCUT2D eigenvalue weighted by atomic mass is 9.92. The van der Waals surface area contributed by atoms with Crippen molar-refractivity contribution in [2.75, 3.05) is 0 Å². The Hall–Kier alpha value is -2.70. The van der Waals surface area contributed by atoms with Gasteiger partial charge >= 0.3 is 0 Å². The molecule has 1 heterocycles. The Kier molecular flexibility index (Phi) is 5.56. The van der Waals surface area contributed by atoms with Crippen LogP contribution in [0, 0.1) is 5.41 Å². The van der Waals surface area contributed by atoms with Gasteiger partial charge in [-0.05, 0) is 17.9 Å². The Bertz CT molecular complexity index is 850. The second kappa shape index (κ2) is 7.46. The average Bonchev–Trinajstić information content (AvgIpc) is 2.54. The van der Waals surface area contributed by atoms with Crippen molar-refractivity contribution in [1.29, 1.82) is 0 Å². The standard InChI is InChI=1S/C18H24N4O3/c1-5-10-22-17(25)13-9-7-6-8-12(13)15(21-22)16(24)20-19-14(23)11-18(2,3)4/h6-9H,5,10-11H2,1-4H3,(H,19,23)(H,20,24). The van der Waals surface area contributed by atoms with Crippen LogP contribution in [0.25, 0.3) is 10.8 Å². The number of carbonyl (C=O) groups excluding carboxylic acids is 2. The minimum absolute atomic E-state index is 0.111. The number of aryl methyl sites for hydroxylation is 1. The van der Waals surface area contributed by atoms with E-state index in [0.717, 1.165) is 0 Å². The number of nitrogens with zero attached hydrogens (tertiary/aromatic N) is 2. The van der Waals surface area contributed by atoms with Gasteiger partial charge in [-0.15, -0.1) is 0 Å². The summed E-state index contributed by atoms with van der Waals surface area (Å²) in [5.41, 5.74) is 4.48. The maximum Gasteiger partial charge on any atom is 0.290 e. The number of hydrogen-bond acceptors (Lipinski definition) is 4. The summed E-state index contributed by atoms with van der Waals surface area (Å²) in [6.45, 7) is 8.15. The summed E-state index contributed by atoms with van der Waals surface area (Å²) >= 11 is 0. The van der Waals surface area contributed by atoms with Crippen molar-refractivity contribution in [3.8, 4) is 0 Å². The highest BCUT2D eigenvalue weighted by Gasteiger charge is 2.19. The number of fused-ring (bicyclic) bond motifs is 1. The van der Waals surface area contributed by atoms with Crippen LogP contribution in [0.4, 0.5) is 0 Å². The van der Waals surface area contributed by atoms with Crippen LogP contribution in [0.1, 0.15) is 51.0 Å². The normalized spacial score (nSPS) is 11.4. The SMILES string of the molecule is CCCn1nc(C(=O)NNC(=O)CC(C)(C)C)c2ccccc2c1=O. The first-order valence-electron chi connectivity index (χ1n) is 8.32. The zero-order valence-corrected chi connectivity index (χ0v) is 15.0. The smallest absolute Gasteiger partial charge is 0.273 e. The minimum Gasteiger partial charge on any atom is -0.273 e. The summed E-state index contributed by atoms with van der Waals surface area (Å²) in [6, 6.07) is 6.82. The topological polar surface area (TPSA) is 93.1 Å². The van der Waals surface area contributed by atoms with Crippen LogP contribution in [-0.4, -0.2) is 21.6 Å². The number of hydrazine groups is 1. The molecule has 2 N–H and O–H groups in total. The predicted octanol–water partition coefficient (Wildman–Crippen LogP) is 2.00. The third kappa shape index (κ3) is 4.65. The molecule has 0 aliphatic rings. The molecule has 134 valence electrons. The zero-order chi connectivity index (χ0) is 18.6. The third-order valence-corrected chi connectivity index (χ3v) is 3.52. The van der Waals surface area contributed by atoms with Gasteiger partial charge in [0.2, 0.25) is 5.91 Å². The van der Waals surface area contributed by atoms with Gasteiger partial charge in [0.15, 0.2) is 5.69 Å². The van der Waals surface area contributed by atoms with E-state index >= 15 is 0 Å². The maximum atomic E-state index is 12.5. The van der Waals surface area contributed by atoms with E-state index in [0.29, 0.717) is 23.7 Å². The molecule has 0 aliphatic heterocycles. The molecule has 0 unspecified atom stereocenters. The molecule has 7 nitrogen and oxygen atoms in total. The van der Waals surface area contributed by atoms with Crippen LogP contribution in [0.2, 0.25) is 0 Å². The maximum absolute atomic E-state index is 12.5. The van der Waals surface area contributed by atoms with Crippen molar-refractivity contribution in [3.63, 3.8) is 0 Å². The fraction of sp³-hybridized carbons (Fsp3) is 0.444. The lowest BCUT2D eigenvalue weighted by Gasteiger charge is -2.17. The molecule has 0 fully saturated rings. The number of aromatic nitrogens is 2. The van der Waals surface area contributed by atoms with Gasteiger partial charge in [0.1, 0.15) is 0 Å². The molecular weight excluding hydrogens is 320 g/mol. The van der Waals surface area contributed by atoms with E-state index < -0.39 is 5.91 Å². The van der Waals surface area contributed by atoms with Gasteiger partial charge in [-0.3, -0.25) is 25.2 Å². The van der Waals surface area contributed by atoms with E-state index in [1.54, 1.807) is 24.3 Å². The molecule has 0 saturated heterocycles. The highest BCUT2D eigenvalue weighted by molar-refractivity contribution is 6.05. The van der Waals surface area contributed by atoms with Crippen molar-refractivity contribution in [2.45, 2.75) is 47.1 Å². The Morgan fingerprint density at radius 1 is 1.12 bits per heavy atom. The highest BCUT2D eigenvalue weighted by atomic mass is 16.2. The van der Waals surface area contributed by atoms with E-state index in [1.807, 2.05) is 27.7 Å². The largest absolute Gasteiger partial charge is 0.290 e. The number of amides is 2. The Morgan fingerprint density at radius 3 is 2.36 bits per heavy atom. The summed E-state index contributed by atoms with van der Waals surface area (Å²) in [4.78, 5) is 36.8. The minimum atomic E-state index is -0.552. The summed E-state index contributed by atoms with van der Waals surface area (Å²) < 4.78 is 1.29. The fourth-order valence-electron chi connectivity index (χ4n) is 2.48. The fourth-order valence-corrected chi connectivity index (χ4v) is 2.48. The molecule has 0 aliphatic carbocycles. The van der Waals surface area contributed by atoms with Crippen molar-refractivity contribution in [2.24, 2.45) is 5.41 Å². The highest BCUT2D eigenvalue weighted by Crippen LogP contribution is 2.17. The van der Waals surface area contributed by atoms with E-state index in [1.165, 1.54) is 4.68 Å². The molecule has 0 atom stereocenters. The molecular formula is C18H24N4O3. The van der Waals surface area contributed by atoms with Crippen LogP contribution < -0.4 is 16.4 Å². The second-order valence-electron chi connectivity index (χ2n) is 7.16. The van der Waals surface area contributed by atoms with Crippen LogP contribution in [0.3, 0.4) is 0 Å². The summed E-state index contributed by atoms with van der Waals surface area (Å²) in [6.07, 6.45) is 0.991. The van der Waals surface area contributed by atoms with E-state index in [2.05, 4.69) is 16.0 Å². The first-order valence-corrected chi connectivity index (χ1v) is 8.32. The molecule has 0 spiro atoms. The van der Waals surface area contributed by atoms with Crippen molar-refractivity contribution in [3.05, 3.63) is 40.3 Å². The van der Waals surface area contributed by atoms with Crippen molar-refractivity contribution in [1.82, 2.24) is 20.6 Å². The predicted molar refractivity (Wildman–Crippen MR) is 96.0 cm³/mol. The molecule has 0 radical (unpaired) electrons. The molecule has 0 saturated carbocycles. The quantitative estimate of drug-likeness (QED) is 0.830. The number of rotatable bonds is 4. The number of carbonyl (C=O) groups is 2. The molecule has 2 amide bonds. The molecule has 2 aromatic rings. The molecule has 1 aromatic carbocycles. The van der Waals surface area contributed by atoms with Crippen molar-refractivity contribution < 1.29 is 9.59 Å². The van der Waals surface area contributed by atoms with Gasteiger partial charge in [-0.2, -0.15) is 5.10 Å². The summed E-state index contributed by atoms with van der Waals surface area (Å²) in [5, 5.41) is 5.07. The monoisotopic (exact) mass is 344 g/mol. The number of benzene rings is 1. The number of hydrogen-bond donors (Lipinski definition) is 2. The molecule has 0 bridgehead atoms. The van der Waals surface area contributed by atoms with Crippen LogP contribution in [0.5, 0.6) is 0 Å². The van der Waals surface area contributed by atoms with Gasteiger partial charge in [0, 0.05) is 18.4 Å². The lowest BCUT2D eigenvalue weighted by Crippen LogP contribution is -2.43. The zero-order valence-electron chi connectivity index (χ0n) is 15.0. The Morgan fingerprint density at radius 2 is 1.76 bits per heavy atom. The first-order chi connectivity index (χ1) is 11.7. The molecule has 1 aromatic heterocycles. The Labute approximate surface area is 146 Å².